The summed E-state index contributed by atoms with van der Waals surface area (Å²) in [7, 11) is 0. The molecule has 0 radical (unpaired) electrons. The summed E-state index contributed by atoms with van der Waals surface area (Å²) >= 11 is 0. The number of fused-ring (bicyclic) bond motifs is 1. The molecular formula is C27H23FN2O3. The van der Waals surface area contributed by atoms with E-state index in [-0.39, 0.29) is 5.91 Å². The van der Waals surface area contributed by atoms with Crippen molar-refractivity contribution in [2.45, 2.75) is 19.9 Å². The molecule has 3 aromatic carbocycles. The number of carbonyl (C=O) groups is 2. The Hall–Kier alpha value is -3.93. The maximum Gasteiger partial charge on any atom is 0.282 e. The average Bonchev–Trinajstić information content (AvgIpc) is 3.10. The van der Waals surface area contributed by atoms with Gasteiger partial charge in [-0.2, -0.15) is 0 Å². The van der Waals surface area contributed by atoms with Gasteiger partial charge in [0.1, 0.15) is 17.3 Å². The van der Waals surface area contributed by atoms with Crippen molar-refractivity contribution >= 4 is 23.1 Å². The van der Waals surface area contributed by atoms with Gasteiger partial charge in [-0.3, -0.25) is 9.59 Å². The van der Waals surface area contributed by atoms with Crippen LogP contribution in [0.4, 0.5) is 10.1 Å². The number of nitrogens with zero attached hydrogens (tertiary/aromatic N) is 2. The minimum atomic E-state index is -0.412. The number of rotatable bonds is 5. The van der Waals surface area contributed by atoms with Crippen LogP contribution in [-0.2, 0) is 22.6 Å². The quantitative estimate of drug-likeness (QED) is 0.544. The van der Waals surface area contributed by atoms with Crippen molar-refractivity contribution in [3.63, 3.8) is 0 Å². The van der Waals surface area contributed by atoms with Crippen LogP contribution in [-0.4, -0.2) is 29.9 Å². The first-order valence-corrected chi connectivity index (χ1v) is 11.0. The zero-order valence-electron chi connectivity index (χ0n) is 18.3. The molecule has 0 spiro atoms. The Balaban J connectivity index is 1.57. The molecule has 166 valence electrons. The lowest BCUT2D eigenvalue weighted by atomic mass is 9.98. The van der Waals surface area contributed by atoms with Crippen molar-refractivity contribution in [1.82, 2.24) is 4.90 Å². The van der Waals surface area contributed by atoms with Gasteiger partial charge in [0.15, 0.2) is 0 Å². The molecule has 2 aliphatic heterocycles. The van der Waals surface area contributed by atoms with Crippen molar-refractivity contribution in [1.29, 1.82) is 0 Å². The van der Waals surface area contributed by atoms with Gasteiger partial charge in [-0.15, -0.1) is 0 Å². The van der Waals surface area contributed by atoms with E-state index in [2.05, 4.69) is 6.07 Å². The maximum atomic E-state index is 13.7. The number of halogens is 1. The van der Waals surface area contributed by atoms with Crippen LogP contribution in [0.25, 0.3) is 5.57 Å². The van der Waals surface area contributed by atoms with Gasteiger partial charge < -0.3 is 9.64 Å². The molecule has 0 saturated heterocycles. The van der Waals surface area contributed by atoms with E-state index in [1.54, 1.807) is 36.4 Å². The van der Waals surface area contributed by atoms with Crippen LogP contribution in [0.3, 0.4) is 0 Å². The highest BCUT2D eigenvalue weighted by atomic mass is 19.1. The molecule has 3 aromatic rings. The third-order valence-electron chi connectivity index (χ3n) is 6.05. The van der Waals surface area contributed by atoms with E-state index in [1.165, 1.54) is 22.6 Å². The molecule has 2 heterocycles. The summed E-state index contributed by atoms with van der Waals surface area (Å²) in [5.74, 6) is -0.514. The Bertz CT molecular complexity index is 1250. The van der Waals surface area contributed by atoms with Gasteiger partial charge in [0, 0.05) is 13.1 Å². The average molecular weight is 442 g/mol. The molecule has 0 saturated carbocycles. The van der Waals surface area contributed by atoms with Crippen molar-refractivity contribution in [2.75, 3.05) is 18.1 Å². The molecule has 5 rings (SSSR count). The molecule has 0 bridgehead atoms. The fourth-order valence-electron chi connectivity index (χ4n) is 4.47. The molecule has 2 amide bonds. The van der Waals surface area contributed by atoms with Gasteiger partial charge >= 0.3 is 0 Å². The number of amides is 2. The van der Waals surface area contributed by atoms with Crippen LogP contribution in [0.5, 0.6) is 5.75 Å². The number of anilines is 1. The predicted molar refractivity (Wildman–Crippen MR) is 124 cm³/mol. The Morgan fingerprint density at radius 2 is 1.58 bits per heavy atom. The zero-order valence-corrected chi connectivity index (χ0v) is 18.3. The van der Waals surface area contributed by atoms with E-state index in [9.17, 15) is 14.0 Å². The van der Waals surface area contributed by atoms with Crippen LogP contribution in [0, 0.1) is 5.82 Å². The molecule has 0 fully saturated rings. The Morgan fingerprint density at radius 1 is 0.879 bits per heavy atom. The Kier molecular flexibility index (Phi) is 5.42. The van der Waals surface area contributed by atoms with Gasteiger partial charge in [0.05, 0.1) is 17.9 Å². The number of ether oxygens (including phenoxy) is 1. The van der Waals surface area contributed by atoms with Crippen LogP contribution in [0.2, 0.25) is 0 Å². The van der Waals surface area contributed by atoms with E-state index in [1.807, 2.05) is 30.0 Å². The maximum absolute atomic E-state index is 13.7. The second-order valence-corrected chi connectivity index (χ2v) is 8.04. The summed E-state index contributed by atoms with van der Waals surface area (Å²) in [5.41, 5.74) is 4.04. The third-order valence-corrected chi connectivity index (χ3v) is 6.05. The van der Waals surface area contributed by atoms with Gasteiger partial charge in [0.25, 0.3) is 11.8 Å². The van der Waals surface area contributed by atoms with Gasteiger partial charge in [-0.1, -0.05) is 36.4 Å². The summed E-state index contributed by atoms with van der Waals surface area (Å²) in [6.45, 7) is 3.57. The molecule has 5 nitrogen and oxygen atoms in total. The normalized spacial score (nSPS) is 15.8. The Labute approximate surface area is 191 Å². The molecule has 0 aromatic heterocycles. The lowest BCUT2D eigenvalue weighted by Gasteiger charge is -2.31. The highest BCUT2D eigenvalue weighted by molar-refractivity contribution is 6.45. The molecule has 0 N–H and O–H groups in total. The summed E-state index contributed by atoms with van der Waals surface area (Å²) in [5, 5.41) is 0. The Morgan fingerprint density at radius 3 is 2.27 bits per heavy atom. The van der Waals surface area contributed by atoms with Gasteiger partial charge in [0.2, 0.25) is 0 Å². The van der Waals surface area contributed by atoms with E-state index in [0.29, 0.717) is 48.0 Å². The van der Waals surface area contributed by atoms with Crippen LogP contribution >= 0.6 is 0 Å². The second kappa shape index (κ2) is 8.54. The molecule has 0 unspecified atom stereocenters. The molecule has 6 heteroatoms. The number of carbonyl (C=O) groups excluding carboxylic acids is 2. The second-order valence-electron chi connectivity index (χ2n) is 8.04. The zero-order chi connectivity index (χ0) is 22.9. The van der Waals surface area contributed by atoms with Crippen molar-refractivity contribution in [3.05, 3.63) is 101 Å². The van der Waals surface area contributed by atoms with E-state index < -0.39 is 11.7 Å². The largest absolute Gasteiger partial charge is 0.494 e. The summed E-state index contributed by atoms with van der Waals surface area (Å²) in [6.07, 6.45) is 0.779. The summed E-state index contributed by atoms with van der Waals surface area (Å²) < 4.78 is 19.1. The van der Waals surface area contributed by atoms with E-state index in [4.69, 9.17) is 4.74 Å². The van der Waals surface area contributed by atoms with Crippen LogP contribution in [0.15, 0.2) is 78.5 Å². The smallest absolute Gasteiger partial charge is 0.282 e. The molecular weight excluding hydrogens is 419 g/mol. The lowest BCUT2D eigenvalue weighted by Crippen LogP contribution is -2.37. The summed E-state index contributed by atoms with van der Waals surface area (Å²) in [4.78, 5) is 30.5. The number of imide groups is 1. The minimum Gasteiger partial charge on any atom is -0.494 e. The van der Waals surface area contributed by atoms with Crippen molar-refractivity contribution in [2.24, 2.45) is 0 Å². The first kappa shape index (κ1) is 20.9. The minimum absolute atomic E-state index is 0.299. The van der Waals surface area contributed by atoms with Crippen LogP contribution < -0.4 is 9.64 Å². The van der Waals surface area contributed by atoms with E-state index >= 15 is 0 Å². The fourth-order valence-corrected chi connectivity index (χ4v) is 4.47. The van der Waals surface area contributed by atoms with Crippen molar-refractivity contribution in [3.8, 4) is 5.75 Å². The standard InChI is InChI=1S/C27H23FN2O3/c1-2-33-23-13-11-22(12-14-23)30-26(31)24(19-7-9-21(28)10-8-19)25(27(30)32)29-16-15-18-5-3-4-6-20(18)17-29/h3-14H,2,15-17H2,1H3. The molecule has 2 aliphatic rings. The first-order valence-electron chi connectivity index (χ1n) is 11.0. The number of hydrogen-bond acceptors (Lipinski definition) is 4. The molecule has 33 heavy (non-hydrogen) atoms. The predicted octanol–water partition coefficient (Wildman–Crippen LogP) is 4.57. The highest BCUT2D eigenvalue weighted by Gasteiger charge is 2.43. The highest BCUT2D eigenvalue weighted by Crippen LogP contribution is 2.37. The van der Waals surface area contributed by atoms with Crippen LogP contribution in [0.1, 0.15) is 23.6 Å². The molecule has 0 aliphatic carbocycles. The number of benzene rings is 3. The monoisotopic (exact) mass is 442 g/mol. The SMILES string of the molecule is CCOc1ccc(N2C(=O)C(c3ccc(F)cc3)=C(N3CCc4ccccc4C3)C2=O)cc1. The van der Waals surface area contributed by atoms with Crippen molar-refractivity contribution < 1.29 is 18.7 Å². The third kappa shape index (κ3) is 3.78. The van der Waals surface area contributed by atoms with Gasteiger partial charge in [-0.25, -0.2) is 9.29 Å². The fraction of sp³-hybridized carbons (Fsp3) is 0.185. The summed E-state index contributed by atoms with van der Waals surface area (Å²) in [6, 6.07) is 20.7. The lowest BCUT2D eigenvalue weighted by molar-refractivity contribution is -0.120. The molecule has 0 atom stereocenters. The first-order chi connectivity index (χ1) is 16.1. The number of hydrogen-bond donors (Lipinski definition) is 0. The van der Waals surface area contributed by atoms with Gasteiger partial charge in [-0.05, 0) is 66.4 Å². The van der Waals surface area contributed by atoms with E-state index in [0.717, 1.165) is 12.0 Å². The topological polar surface area (TPSA) is 49.9 Å².